The second-order valence-electron chi connectivity index (χ2n) is 5.66. The van der Waals surface area contributed by atoms with Gasteiger partial charge in [0.25, 0.3) is 5.91 Å². The fourth-order valence-corrected chi connectivity index (χ4v) is 2.86. The van der Waals surface area contributed by atoms with Crippen molar-refractivity contribution >= 4 is 23.3 Å². The lowest BCUT2D eigenvalue weighted by molar-refractivity contribution is 0.0767. The third-order valence-electron chi connectivity index (χ3n) is 3.99. The van der Waals surface area contributed by atoms with Crippen LogP contribution in [0.1, 0.15) is 22.5 Å². The minimum absolute atomic E-state index is 0.0578. The molecular formula is C17H19ClN4O. The first-order chi connectivity index (χ1) is 11.1. The molecule has 1 aromatic carbocycles. The Hall–Kier alpha value is -2.14. The molecule has 0 unspecified atom stereocenters. The van der Waals surface area contributed by atoms with Gasteiger partial charge in [0.2, 0.25) is 0 Å². The topological polar surface area (TPSA) is 49.3 Å². The van der Waals surface area contributed by atoms with E-state index in [2.05, 4.69) is 14.9 Å². The Balaban J connectivity index is 1.68. The number of hydrogen-bond donors (Lipinski definition) is 0. The SMILES string of the molecule is Cc1cc(N2CCCN(C(=O)c3ccc(Cl)cc3)CC2)ncn1. The van der Waals surface area contributed by atoms with E-state index in [1.807, 2.05) is 17.9 Å². The molecule has 1 amide bonds. The van der Waals surface area contributed by atoms with Crippen LogP contribution in [-0.4, -0.2) is 47.0 Å². The summed E-state index contributed by atoms with van der Waals surface area (Å²) in [5, 5.41) is 0.641. The van der Waals surface area contributed by atoms with Gasteiger partial charge in [0.05, 0.1) is 0 Å². The summed E-state index contributed by atoms with van der Waals surface area (Å²) >= 11 is 5.88. The molecule has 120 valence electrons. The summed E-state index contributed by atoms with van der Waals surface area (Å²) in [7, 11) is 0. The highest BCUT2D eigenvalue weighted by atomic mass is 35.5. The second kappa shape index (κ2) is 6.96. The summed E-state index contributed by atoms with van der Waals surface area (Å²) in [5.41, 5.74) is 1.63. The Morgan fingerprint density at radius 2 is 1.87 bits per heavy atom. The van der Waals surface area contributed by atoms with Crippen LogP contribution in [0.4, 0.5) is 5.82 Å². The highest BCUT2D eigenvalue weighted by molar-refractivity contribution is 6.30. The maximum Gasteiger partial charge on any atom is 0.253 e. The van der Waals surface area contributed by atoms with Gasteiger partial charge in [-0.3, -0.25) is 4.79 Å². The van der Waals surface area contributed by atoms with Crippen LogP contribution in [0.2, 0.25) is 5.02 Å². The van der Waals surface area contributed by atoms with Crippen molar-refractivity contribution in [3.8, 4) is 0 Å². The van der Waals surface area contributed by atoms with Crippen molar-refractivity contribution in [2.45, 2.75) is 13.3 Å². The number of aromatic nitrogens is 2. The first kappa shape index (κ1) is 15.7. The van der Waals surface area contributed by atoms with Crippen LogP contribution in [0.3, 0.4) is 0 Å². The molecule has 0 radical (unpaired) electrons. The molecule has 5 nitrogen and oxygen atoms in total. The molecule has 1 aliphatic heterocycles. The fraction of sp³-hybridized carbons (Fsp3) is 0.353. The van der Waals surface area contributed by atoms with Gasteiger partial charge >= 0.3 is 0 Å². The second-order valence-corrected chi connectivity index (χ2v) is 6.09. The van der Waals surface area contributed by atoms with Crippen molar-refractivity contribution in [1.82, 2.24) is 14.9 Å². The van der Waals surface area contributed by atoms with E-state index in [1.165, 1.54) is 0 Å². The van der Waals surface area contributed by atoms with E-state index in [4.69, 9.17) is 11.6 Å². The van der Waals surface area contributed by atoms with Crippen molar-refractivity contribution in [2.24, 2.45) is 0 Å². The van der Waals surface area contributed by atoms with E-state index in [9.17, 15) is 4.79 Å². The third-order valence-corrected chi connectivity index (χ3v) is 4.24. The van der Waals surface area contributed by atoms with Crippen molar-refractivity contribution < 1.29 is 4.79 Å². The average Bonchev–Trinajstić information content (AvgIpc) is 2.81. The van der Waals surface area contributed by atoms with Gasteiger partial charge in [0.1, 0.15) is 12.1 Å². The molecule has 23 heavy (non-hydrogen) atoms. The highest BCUT2D eigenvalue weighted by Gasteiger charge is 2.21. The van der Waals surface area contributed by atoms with Crippen LogP contribution < -0.4 is 4.90 Å². The average molecular weight is 331 g/mol. The van der Waals surface area contributed by atoms with E-state index in [0.29, 0.717) is 17.1 Å². The first-order valence-corrected chi connectivity index (χ1v) is 8.10. The maximum atomic E-state index is 12.6. The van der Waals surface area contributed by atoms with Crippen molar-refractivity contribution in [2.75, 3.05) is 31.1 Å². The molecule has 1 aromatic heterocycles. The molecule has 0 saturated carbocycles. The normalized spacial score (nSPS) is 15.4. The Morgan fingerprint density at radius 3 is 2.61 bits per heavy atom. The Morgan fingerprint density at radius 1 is 1.09 bits per heavy atom. The number of carbonyl (C=O) groups is 1. The zero-order valence-corrected chi connectivity index (χ0v) is 13.8. The number of rotatable bonds is 2. The van der Waals surface area contributed by atoms with Crippen LogP contribution in [-0.2, 0) is 0 Å². The molecule has 0 N–H and O–H groups in total. The molecule has 0 spiro atoms. The quantitative estimate of drug-likeness (QED) is 0.849. The number of aryl methyl sites for hydroxylation is 1. The van der Waals surface area contributed by atoms with Gasteiger partial charge in [-0.25, -0.2) is 9.97 Å². The maximum absolute atomic E-state index is 12.6. The van der Waals surface area contributed by atoms with E-state index < -0.39 is 0 Å². The number of anilines is 1. The number of carbonyl (C=O) groups excluding carboxylic acids is 1. The summed E-state index contributed by atoms with van der Waals surface area (Å²) in [5.74, 6) is 0.987. The molecule has 0 aliphatic carbocycles. The monoisotopic (exact) mass is 330 g/mol. The molecule has 3 rings (SSSR count). The fourth-order valence-electron chi connectivity index (χ4n) is 2.74. The standard InChI is InChI=1S/C17H19ClN4O/c1-13-11-16(20-12-19-13)21-7-2-8-22(10-9-21)17(23)14-3-5-15(18)6-4-14/h3-6,11-12H,2,7-10H2,1H3. The van der Waals surface area contributed by atoms with Crippen molar-refractivity contribution in [3.05, 3.63) is 52.9 Å². The molecule has 0 atom stereocenters. The van der Waals surface area contributed by atoms with E-state index in [1.54, 1.807) is 30.6 Å². The first-order valence-electron chi connectivity index (χ1n) is 7.72. The van der Waals surface area contributed by atoms with Gasteiger partial charge in [-0.1, -0.05) is 11.6 Å². The minimum atomic E-state index is 0.0578. The summed E-state index contributed by atoms with van der Waals surface area (Å²) in [6.07, 6.45) is 2.51. The number of nitrogens with zero attached hydrogens (tertiary/aromatic N) is 4. The molecule has 1 aliphatic rings. The lowest BCUT2D eigenvalue weighted by Gasteiger charge is -2.23. The predicted molar refractivity (Wildman–Crippen MR) is 91.0 cm³/mol. The largest absolute Gasteiger partial charge is 0.355 e. The van der Waals surface area contributed by atoms with Gasteiger partial charge in [0, 0.05) is 48.5 Å². The Labute approximate surface area is 140 Å². The molecule has 6 heteroatoms. The van der Waals surface area contributed by atoms with Gasteiger partial charge in [-0.05, 0) is 37.6 Å². The van der Waals surface area contributed by atoms with Crippen molar-refractivity contribution in [1.29, 1.82) is 0 Å². The van der Waals surface area contributed by atoms with E-state index in [0.717, 1.165) is 37.6 Å². The summed E-state index contributed by atoms with van der Waals surface area (Å²) in [6.45, 7) is 5.06. The number of hydrogen-bond acceptors (Lipinski definition) is 4. The Kier molecular flexibility index (Phi) is 4.76. The highest BCUT2D eigenvalue weighted by Crippen LogP contribution is 2.16. The van der Waals surface area contributed by atoms with Crippen LogP contribution in [0, 0.1) is 6.92 Å². The number of amides is 1. The molecule has 0 bridgehead atoms. The zero-order valence-electron chi connectivity index (χ0n) is 13.1. The van der Waals surface area contributed by atoms with Crippen LogP contribution in [0.25, 0.3) is 0 Å². The molecule has 1 fully saturated rings. The van der Waals surface area contributed by atoms with Gasteiger partial charge in [-0.15, -0.1) is 0 Å². The van der Waals surface area contributed by atoms with Gasteiger partial charge < -0.3 is 9.80 Å². The van der Waals surface area contributed by atoms with Gasteiger partial charge in [-0.2, -0.15) is 0 Å². The van der Waals surface area contributed by atoms with Crippen LogP contribution in [0.15, 0.2) is 36.7 Å². The number of benzene rings is 1. The Bertz CT molecular complexity index is 689. The zero-order chi connectivity index (χ0) is 16.2. The minimum Gasteiger partial charge on any atom is -0.355 e. The lowest BCUT2D eigenvalue weighted by Crippen LogP contribution is -2.35. The van der Waals surface area contributed by atoms with Crippen LogP contribution in [0.5, 0.6) is 0 Å². The lowest BCUT2D eigenvalue weighted by atomic mass is 10.2. The van der Waals surface area contributed by atoms with Gasteiger partial charge in [0.15, 0.2) is 0 Å². The summed E-state index contributed by atoms with van der Waals surface area (Å²) < 4.78 is 0. The third kappa shape index (κ3) is 3.79. The molecule has 1 saturated heterocycles. The van der Waals surface area contributed by atoms with Crippen LogP contribution >= 0.6 is 11.6 Å². The molecular weight excluding hydrogens is 312 g/mol. The van der Waals surface area contributed by atoms with Crippen molar-refractivity contribution in [3.63, 3.8) is 0 Å². The number of halogens is 1. The van der Waals surface area contributed by atoms with E-state index in [-0.39, 0.29) is 5.91 Å². The predicted octanol–water partition coefficient (Wildman–Crippen LogP) is 2.79. The summed E-state index contributed by atoms with van der Waals surface area (Å²) in [4.78, 5) is 25.2. The summed E-state index contributed by atoms with van der Waals surface area (Å²) in [6, 6.07) is 9.05. The molecule has 2 heterocycles. The molecule has 2 aromatic rings. The smallest absolute Gasteiger partial charge is 0.253 e. The van der Waals surface area contributed by atoms with E-state index >= 15 is 0 Å².